The minimum absolute atomic E-state index is 0.388. The summed E-state index contributed by atoms with van der Waals surface area (Å²) in [5.74, 6) is 1.09. The Morgan fingerprint density at radius 3 is 2.86 bits per heavy atom. The van der Waals surface area contributed by atoms with Gasteiger partial charge in [-0.05, 0) is 41.0 Å². The van der Waals surface area contributed by atoms with Gasteiger partial charge in [0.25, 0.3) is 0 Å². The third kappa shape index (κ3) is 4.45. The van der Waals surface area contributed by atoms with Crippen molar-refractivity contribution in [3.8, 4) is 5.75 Å². The number of carboxylic acids is 1. The standard InChI is InChI=1S/C14H18N4O3S/c1-22-10-8-12(14(19)20)18-13(15-16-17-18)7-9-21-11-5-3-2-4-6-11/h2-6,12H,7-10H2,1H3,(H,19,20). The Labute approximate surface area is 132 Å². The highest BCUT2D eigenvalue weighted by molar-refractivity contribution is 7.98. The third-order valence-electron chi connectivity index (χ3n) is 3.07. The van der Waals surface area contributed by atoms with Gasteiger partial charge in [-0.3, -0.25) is 0 Å². The molecular weight excluding hydrogens is 304 g/mol. The Morgan fingerprint density at radius 2 is 2.18 bits per heavy atom. The first-order chi connectivity index (χ1) is 10.7. The number of aromatic nitrogens is 4. The Balaban J connectivity index is 1.97. The van der Waals surface area contributed by atoms with Gasteiger partial charge in [-0.1, -0.05) is 18.2 Å². The van der Waals surface area contributed by atoms with Crippen LogP contribution in [-0.4, -0.2) is 49.9 Å². The van der Waals surface area contributed by atoms with Gasteiger partial charge in [0.15, 0.2) is 11.9 Å². The van der Waals surface area contributed by atoms with Crippen molar-refractivity contribution >= 4 is 17.7 Å². The first kappa shape index (κ1) is 16.3. The van der Waals surface area contributed by atoms with Crippen molar-refractivity contribution in [2.24, 2.45) is 0 Å². The zero-order valence-corrected chi connectivity index (χ0v) is 13.1. The average Bonchev–Trinajstić information content (AvgIpc) is 2.97. The lowest BCUT2D eigenvalue weighted by atomic mass is 10.2. The van der Waals surface area contributed by atoms with Crippen LogP contribution >= 0.6 is 11.8 Å². The maximum Gasteiger partial charge on any atom is 0.328 e. The summed E-state index contributed by atoms with van der Waals surface area (Å²) in [7, 11) is 0. The van der Waals surface area contributed by atoms with E-state index >= 15 is 0 Å². The molecule has 1 aromatic carbocycles. The molecule has 1 unspecified atom stereocenters. The van der Waals surface area contributed by atoms with Crippen LogP contribution in [0.5, 0.6) is 5.75 Å². The Morgan fingerprint density at radius 1 is 1.41 bits per heavy atom. The smallest absolute Gasteiger partial charge is 0.328 e. The van der Waals surface area contributed by atoms with Crippen molar-refractivity contribution in [1.29, 1.82) is 0 Å². The second kappa shape index (κ2) is 8.38. The maximum atomic E-state index is 11.4. The molecule has 0 aliphatic heterocycles. The molecule has 0 radical (unpaired) electrons. The van der Waals surface area contributed by atoms with Crippen LogP contribution in [0.1, 0.15) is 18.3 Å². The number of ether oxygens (including phenoxy) is 1. The summed E-state index contributed by atoms with van der Waals surface area (Å²) < 4.78 is 6.98. The van der Waals surface area contributed by atoms with Crippen LogP contribution in [0.15, 0.2) is 30.3 Å². The molecule has 0 saturated carbocycles. The molecule has 2 aromatic rings. The molecule has 1 heterocycles. The Hall–Kier alpha value is -2.09. The number of para-hydroxylation sites is 1. The van der Waals surface area contributed by atoms with E-state index in [-0.39, 0.29) is 0 Å². The quantitative estimate of drug-likeness (QED) is 0.751. The highest BCUT2D eigenvalue weighted by atomic mass is 32.2. The number of tetrazole rings is 1. The Kier molecular flexibility index (Phi) is 6.20. The van der Waals surface area contributed by atoms with E-state index in [0.717, 1.165) is 11.5 Å². The fourth-order valence-corrected chi connectivity index (χ4v) is 2.43. The van der Waals surface area contributed by atoms with Crippen LogP contribution in [0.25, 0.3) is 0 Å². The van der Waals surface area contributed by atoms with E-state index < -0.39 is 12.0 Å². The lowest BCUT2D eigenvalue weighted by Crippen LogP contribution is -2.24. The zero-order valence-electron chi connectivity index (χ0n) is 12.3. The van der Waals surface area contributed by atoms with E-state index in [4.69, 9.17) is 4.74 Å². The van der Waals surface area contributed by atoms with Gasteiger partial charge in [0.2, 0.25) is 0 Å². The molecule has 2 rings (SSSR count). The highest BCUT2D eigenvalue weighted by Crippen LogP contribution is 2.15. The molecule has 1 aromatic heterocycles. The van der Waals surface area contributed by atoms with E-state index in [9.17, 15) is 9.90 Å². The topological polar surface area (TPSA) is 90.1 Å². The number of aliphatic carboxylic acids is 1. The second-order valence-electron chi connectivity index (χ2n) is 4.59. The van der Waals surface area contributed by atoms with Crippen LogP contribution in [0, 0.1) is 0 Å². The number of hydrogen-bond donors (Lipinski definition) is 1. The SMILES string of the molecule is CSCCC(C(=O)O)n1nnnc1CCOc1ccccc1. The molecule has 0 bridgehead atoms. The summed E-state index contributed by atoms with van der Waals surface area (Å²) in [5, 5.41) is 20.7. The lowest BCUT2D eigenvalue weighted by Gasteiger charge is -2.13. The molecule has 0 spiro atoms. The van der Waals surface area contributed by atoms with Gasteiger partial charge >= 0.3 is 5.97 Å². The minimum Gasteiger partial charge on any atom is -0.493 e. The van der Waals surface area contributed by atoms with Crippen molar-refractivity contribution < 1.29 is 14.6 Å². The summed E-state index contributed by atoms with van der Waals surface area (Å²) in [6.45, 7) is 0.388. The summed E-state index contributed by atoms with van der Waals surface area (Å²) in [6, 6.07) is 8.68. The molecular formula is C14H18N4O3S. The third-order valence-corrected chi connectivity index (χ3v) is 3.72. The first-order valence-electron chi connectivity index (χ1n) is 6.88. The minimum atomic E-state index is -0.924. The van der Waals surface area contributed by atoms with Crippen LogP contribution in [0.3, 0.4) is 0 Å². The molecule has 8 heteroatoms. The molecule has 22 heavy (non-hydrogen) atoms. The number of hydrogen-bond acceptors (Lipinski definition) is 6. The Bertz CT molecular complexity index is 591. The van der Waals surface area contributed by atoms with Crippen molar-refractivity contribution in [2.45, 2.75) is 18.9 Å². The van der Waals surface area contributed by atoms with E-state index in [1.54, 1.807) is 11.8 Å². The van der Waals surface area contributed by atoms with Gasteiger partial charge in [0, 0.05) is 6.42 Å². The first-order valence-corrected chi connectivity index (χ1v) is 8.28. The number of carbonyl (C=O) groups is 1. The van der Waals surface area contributed by atoms with Gasteiger partial charge in [0.05, 0.1) is 6.61 Å². The number of rotatable bonds is 9. The number of benzene rings is 1. The maximum absolute atomic E-state index is 11.4. The zero-order chi connectivity index (χ0) is 15.8. The summed E-state index contributed by atoms with van der Waals surface area (Å²) in [4.78, 5) is 11.4. The predicted octanol–water partition coefficient (Wildman–Crippen LogP) is 1.67. The molecule has 1 atom stereocenters. The van der Waals surface area contributed by atoms with Crippen molar-refractivity contribution in [3.05, 3.63) is 36.2 Å². The second-order valence-corrected chi connectivity index (χ2v) is 5.57. The normalized spacial score (nSPS) is 12.0. The van der Waals surface area contributed by atoms with Crippen LogP contribution in [-0.2, 0) is 11.2 Å². The van der Waals surface area contributed by atoms with E-state index in [1.807, 2.05) is 36.6 Å². The van der Waals surface area contributed by atoms with Gasteiger partial charge in [-0.2, -0.15) is 11.8 Å². The average molecular weight is 322 g/mol. The molecule has 7 nitrogen and oxygen atoms in total. The molecule has 0 aliphatic carbocycles. The molecule has 0 aliphatic rings. The van der Waals surface area contributed by atoms with Gasteiger partial charge in [-0.25, -0.2) is 9.48 Å². The fourth-order valence-electron chi connectivity index (χ4n) is 1.98. The van der Waals surface area contributed by atoms with Gasteiger partial charge in [-0.15, -0.1) is 5.10 Å². The summed E-state index contributed by atoms with van der Waals surface area (Å²) in [5.41, 5.74) is 0. The number of nitrogens with zero attached hydrogens (tertiary/aromatic N) is 4. The monoisotopic (exact) mass is 322 g/mol. The molecule has 0 fully saturated rings. The van der Waals surface area contributed by atoms with Gasteiger partial charge < -0.3 is 9.84 Å². The van der Waals surface area contributed by atoms with Gasteiger partial charge in [0.1, 0.15) is 5.75 Å². The van der Waals surface area contributed by atoms with E-state index in [0.29, 0.717) is 25.3 Å². The van der Waals surface area contributed by atoms with E-state index in [2.05, 4.69) is 15.5 Å². The molecule has 0 saturated heterocycles. The largest absolute Gasteiger partial charge is 0.493 e. The highest BCUT2D eigenvalue weighted by Gasteiger charge is 2.23. The fraction of sp³-hybridized carbons (Fsp3) is 0.429. The number of thioether (sulfide) groups is 1. The van der Waals surface area contributed by atoms with Crippen LogP contribution < -0.4 is 4.74 Å². The van der Waals surface area contributed by atoms with Crippen LogP contribution in [0.2, 0.25) is 0 Å². The molecule has 0 amide bonds. The van der Waals surface area contributed by atoms with E-state index in [1.165, 1.54) is 4.68 Å². The van der Waals surface area contributed by atoms with Crippen molar-refractivity contribution in [1.82, 2.24) is 20.2 Å². The lowest BCUT2D eigenvalue weighted by molar-refractivity contribution is -0.141. The number of carboxylic acid groups (broad SMARTS) is 1. The van der Waals surface area contributed by atoms with Crippen molar-refractivity contribution in [3.63, 3.8) is 0 Å². The predicted molar refractivity (Wildman–Crippen MR) is 83.1 cm³/mol. The molecule has 1 N–H and O–H groups in total. The van der Waals surface area contributed by atoms with Crippen molar-refractivity contribution in [2.75, 3.05) is 18.6 Å². The summed E-state index contributed by atoms with van der Waals surface area (Å²) in [6.07, 6.45) is 2.87. The summed E-state index contributed by atoms with van der Waals surface area (Å²) >= 11 is 1.60. The van der Waals surface area contributed by atoms with Crippen LogP contribution in [0.4, 0.5) is 0 Å². The molecule has 118 valence electrons.